The standard InChI is InChI=1S/C18H25N5O2S/c1-25-12-18(6-8-19-9-7-18)11-20-16(24)15-4-2-14(3-5-15)10-26-17-21-13-22-23-17/h2-5,13,19H,6-12H2,1H3,(H,20,24)(H,21,22,23). The molecule has 0 bridgehead atoms. The molecule has 2 heterocycles. The van der Waals surface area contributed by atoms with Crippen LogP contribution in [0.3, 0.4) is 0 Å². The largest absolute Gasteiger partial charge is 0.384 e. The number of piperidine rings is 1. The third-order valence-corrected chi connectivity index (χ3v) is 5.67. The number of H-pyrrole nitrogens is 1. The van der Waals surface area contributed by atoms with Gasteiger partial charge in [-0.2, -0.15) is 5.10 Å². The number of nitrogens with one attached hydrogen (secondary N) is 3. The average Bonchev–Trinajstić information content (AvgIpc) is 3.20. The van der Waals surface area contributed by atoms with Gasteiger partial charge in [0.15, 0.2) is 5.16 Å². The zero-order chi connectivity index (χ0) is 18.2. The van der Waals surface area contributed by atoms with Crippen molar-refractivity contribution in [1.29, 1.82) is 0 Å². The summed E-state index contributed by atoms with van der Waals surface area (Å²) in [5.74, 6) is 0.745. The molecule has 2 aromatic rings. The van der Waals surface area contributed by atoms with Crippen LogP contribution >= 0.6 is 11.8 Å². The van der Waals surface area contributed by atoms with Gasteiger partial charge in [-0.15, -0.1) is 0 Å². The number of thioether (sulfide) groups is 1. The van der Waals surface area contributed by atoms with Gasteiger partial charge < -0.3 is 15.4 Å². The van der Waals surface area contributed by atoms with Crippen molar-refractivity contribution in [1.82, 2.24) is 25.8 Å². The number of hydrogen-bond donors (Lipinski definition) is 3. The summed E-state index contributed by atoms with van der Waals surface area (Å²) in [5.41, 5.74) is 1.85. The number of carbonyl (C=O) groups is 1. The summed E-state index contributed by atoms with van der Waals surface area (Å²) in [6, 6.07) is 7.70. The van der Waals surface area contributed by atoms with Crippen LogP contribution in [0.2, 0.25) is 0 Å². The van der Waals surface area contributed by atoms with Gasteiger partial charge in [0.25, 0.3) is 5.91 Å². The SMILES string of the molecule is COCC1(CNC(=O)c2ccc(CSc3ncn[nH]3)cc2)CCNCC1. The molecule has 0 atom stereocenters. The Bertz CT molecular complexity index is 679. The van der Waals surface area contributed by atoms with Gasteiger partial charge in [0, 0.05) is 30.4 Å². The van der Waals surface area contributed by atoms with Gasteiger partial charge in [0.2, 0.25) is 0 Å². The maximum atomic E-state index is 12.5. The normalized spacial score (nSPS) is 16.3. The van der Waals surface area contributed by atoms with E-state index in [0.717, 1.165) is 42.4 Å². The molecule has 1 saturated heterocycles. The third-order valence-electron chi connectivity index (χ3n) is 4.72. The minimum atomic E-state index is -0.0338. The minimum absolute atomic E-state index is 0.0311. The molecule has 8 heteroatoms. The van der Waals surface area contributed by atoms with Crippen LogP contribution in [0.25, 0.3) is 0 Å². The number of ether oxygens (including phenoxy) is 1. The van der Waals surface area contributed by atoms with Crippen LogP contribution in [0.1, 0.15) is 28.8 Å². The number of aromatic amines is 1. The molecule has 1 amide bonds. The van der Waals surface area contributed by atoms with Gasteiger partial charge in [0.1, 0.15) is 6.33 Å². The number of amides is 1. The molecule has 1 aromatic carbocycles. The predicted octanol–water partition coefficient (Wildman–Crippen LogP) is 1.84. The lowest BCUT2D eigenvalue weighted by Crippen LogP contribution is -2.47. The first-order valence-electron chi connectivity index (χ1n) is 8.76. The molecule has 0 spiro atoms. The van der Waals surface area contributed by atoms with Crippen molar-refractivity contribution in [3.05, 3.63) is 41.7 Å². The van der Waals surface area contributed by atoms with E-state index in [2.05, 4.69) is 25.8 Å². The van der Waals surface area contributed by atoms with Gasteiger partial charge >= 0.3 is 0 Å². The van der Waals surface area contributed by atoms with Gasteiger partial charge in [-0.1, -0.05) is 23.9 Å². The molecule has 0 radical (unpaired) electrons. The van der Waals surface area contributed by atoms with Crippen LogP contribution < -0.4 is 10.6 Å². The highest BCUT2D eigenvalue weighted by molar-refractivity contribution is 7.98. The molecule has 0 saturated carbocycles. The Kier molecular flexibility index (Phi) is 6.65. The van der Waals surface area contributed by atoms with E-state index in [4.69, 9.17) is 4.74 Å². The molecule has 7 nitrogen and oxygen atoms in total. The maximum Gasteiger partial charge on any atom is 0.251 e. The summed E-state index contributed by atoms with van der Waals surface area (Å²) in [5, 5.41) is 13.9. The molecule has 3 N–H and O–H groups in total. The molecule has 1 aliphatic rings. The van der Waals surface area contributed by atoms with Gasteiger partial charge in [-0.05, 0) is 43.6 Å². The highest BCUT2D eigenvalue weighted by atomic mass is 32.2. The molecule has 0 unspecified atom stereocenters. The lowest BCUT2D eigenvalue weighted by molar-refractivity contribution is 0.0512. The first-order chi connectivity index (χ1) is 12.7. The summed E-state index contributed by atoms with van der Waals surface area (Å²) in [4.78, 5) is 16.6. The van der Waals surface area contributed by atoms with E-state index in [9.17, 15) is 4.79 Å². The second kappa shape index (κ2) is 9.16. The fraction of sp³-hybridized carbons (Fsp3) is 0.500. The lowest BCUT2D eigenvalue weighted by atomic mass is 9.79. The van der Waals surface area contributed by atoms with Crippen molar-refractivity contribution >= 4 is 17.7 Å². The number of benzene rings is 1. The van der Waals surface area contributed by atoms with Crippen molar-refractivity contribution in [3.8, 4) is 0 Å². The molecular weight excluding hydrogens is 350 g/mol. The molecule has 0 aliphatic carbocycles. The number of carbonyl (C=O) groups excluding carboxylic acids is 1. The maximum absolute atomic E-state index is 12.5. The number of aromatic nitrogens is 3. The fourth-order valence-corrected chi connectivity index (χ4v) is 3.91. The zero-order valence-corrected chi connectivity index (χ0v) is 15.8. The van der Waals surface area contributed by atoms with Crippen LogP contribution in [-0.2, 0) is 10.5 Å². The van der Waals surface area contributed by atoms with E-state index in [-0.39, 0.29) is 11.3 Å². The molecule has 3 rings (SSSR count). The summed E-state index contributed by atoms with van der Waals surface area (Å²) in [6.07, 6.45) is 3.52. The molecule has 26 heavy (non-hydrogen) atoms. The molecule has 1 aliphatic heterocycles. The zero-order valence-electron chi connectivity index (χ0n) is 15.0. The number of hydrogen-bond acceptors (Lipinski definition) is 6. The van der Waals surface area contributed by atoms with Crippen molar-refractivity contribution in [2.24, 2.45) is 5.41 Å². The first kappa shape index (κ1) is 18.9. The quantitative estimate of drug-likeness (QED) is 0.610. The second-order valence-corrected chi connectivity index (χ2v) is 7.61. The lowest BCUT2D eigenvalue weighted by Gasteiger charge is -2.37. The van der Waals surface area contributed by atoms with Crippen molar-refractivity contribution in [2.75, 3.05) is 33.4 Å². The molecule has 1 fully saturated rings. The van der Waals surface area contributed by atoms with E-state index in [1.807, 2.05) is 24.3 Å². The van der Waals surface area contributed by atoms with Crippen LogP contribution in [0.5, 0.6) is 0 Å². The summed E-state index contributed by atoms with van der Waals surface area (Å²) >= 11 is 1.58. The average molecular weight is 375 g/mol. The Hall–Kier alpha value is -1.90. The Morgan fingerprint density at radius 3 is 2.73 bits per heavy atom. The third kappa shape index (κ3) is 5.06. The van der Waals surface area contributed by atoms with Crippen LogP contribution in [-0.4, -0.2) is 54.4 Å². The number of rotatable bonds is 8. The van der Waals surface area contributed by atoms with Gasteiger partial charge in [0.05, 0.1) is 6.61 Å². The Labute approximate surface area is 157 Å². The van der Waals surface area contributed by atoms with E-state index in [1.54, 1.807) is 18.9 Å². The van der Waals surface area contributed by atoms with Crippen molar-refractivity contribution in [2.45, 2.75) is 23.8 Å². The van der Waals surface area contributed by atoms with E-state index >= 15 is 0 Å². The van der Waals surface area contributed by atoms with E-state index < -0.39 is 0 Å². The van der Waals surface area contributed by atoms with Crippen molar-refractivity contribution < 1.29 is 9.53 Å². The fourth-order valence-electron chi connectivity index (χ4n) is 3.17. The van der Waals surface area contributed by atoms with Crippen LogP contribution in [0.15, 0.2) is 35.7 Å². The predicted molar refractivity (Wildman–Crippen MR) is 101 cm³/mol. The topological polar surface area (TPSA) is 91.9 Å². The smallest absolute Gasteiger partial charge is 0.251 e. The van der Waals surface area contributed by atoms with Crippen LogP contribution in [0.4, 0.5) is 0 Å². The highest BCUT2D eigenvalue weighted by Gasteiger charge is 2.32. The minimum Gasteiger partial charge on any atom is -0.384 e. The van der Waals surface area contributed by atoms with Gasteiger partial charge in [-0.25, -0.2) is 4.98 Å². The molecule has 140 valence electrons. The Morgan fingerprint density at radius 1 is 1.31 bits per heavy atom. The molecular formula is C18H25N5O2S. The van der Waals surface area contributed by atoms with Gasteiger partial charge in [-0.3, -0.25) is 9.89 Å². The monoisotopic (exact) mass is 375 g/mol. The summed E-state index contributed by atoms with van der Waals surface area (Å²) in [6.45, 7) is 3.25. The van der Waals surface area contributed by atoms with E-state index in [0.29, 0.717) is 18.7 Å². The highest BCUT2D eigenvalue weighted by Crippen LogP contribution is 2.28. The second-order valence-electron chi connectivity index (χ2n) is 6.64. The van der Waals surface area contributed by atoms with Crippen LogP contribution in [0, 0.1) is 5.41 Å². The summed E-state index contributed by atoms with van der Waals surface area (Å²) < 4.78 is 5.40. The van der Waals surface area contributed by atoms with Crippen molar-refractivity contribution in [3.63, 3.8) is 0 Å². The summed E-state index contributed by atoms with van der Waals surface area (Å²) in [7, 11) is 1.72. The number of nitrogens with zero attached hydrogens (tertiary/aromatic N) is 2. The Morgan fingerprint density at radius 2 is 2.08 bits per heavy atom. The van der Waals surface area contributed by atoms with E-state index in [1.165, 1.54) is 6.33 Å². The molecule has 1 aromatic heterocycles. The first-order valence-corrected chi connectivity index (χ1v) is 9.74. The Balaban J connectivity index is 1.52. The number of methoxy groups -OCH3 is 1.